The number of carbonyl (C=O) groups is 3. The molecule has 0 radical (unpaired) electrons. The molecular weight excluding hydrogens is 544 g/mol. The van der Waals surface area contributed by atoms with Crippen molar-refractivity contribution in [2.45, 2.75) is 47.6 Å². The number of alkyl halides is 1. The van der Waals surface area contributed by atoms with Gasteiger partial charge in [0.05, 0.1) is 29.8 Å². The van der Waals surface area contributed by atoms with E-state index in [1.54, 1.807) is 28.8 Å². The lowest BCUT2D eigenvalue weighted by Crippen LogP contribution is -2.56. The highest BCUT2D eigenvalue weighted by atomic mass is 79.9. The first-order valence-electron chi connectivity index (χ1n) is 12.2. The molecule has 1 aromatic carbocycles. The van der Waals surface area contributed by atoms with Gasteiger partial charge in [-0.2, -0.15) is 0 Å². The molecule has 6 atom stereocenters. The monoisotopic (exact) mass is 576 g/mol. The number of benzene rings is 1. The number of halogens is 1. The van der Waals surface area contributed by atoms with Crippen LogP contribution in [0.5, 0.6) is 0 Å². The maximum atomic E-state index is 14.4. The molecule has 1 N–H and O–H groups in total. The van der Waals surface area contributed by atoms with E-state index < -0.39 is 28.6 Å². The van der Waals surface area contributed by atoms with Gasteiger partial charge >= 0.3 is 5.97 Å². The number of thioether (sulfide) groups is 1. The fourth-order valence-electron chi connectivity index (χ4n) is 5.96. The van der Waals surface area contributed by atoms with Gasteiger partial charge in [0.15, 0.2) is 0 Å². The van der Waals surface area contributed by atoms with Crippen LogP contribution in [-0.2, 0) is 19.1 Å². The van der Waals surface area contributed by atoms with Gasteiger partial charge in [-0.05, 0) is 43.9 Å². The van der Waals surface area contributed by atoms with Gasteiger partial charge < -0.3 is 19.6 Å². The van der Waals surface area contributed by atoms with Gasteiger partial charge in [0.1, 0.15) is 6.04 Å². The van der Waals surface area contributed by atoms with E-state index in [1.165, 1.54) is 4.90 Å². The van der Waals surface area contributed by atoms with Crippen LogP contribution in [0.3, 0.4) is 0 Å². The lowest BCUT2D eigenvalue weighted by atomic mass is 9.71. The third-order valence-corrected chi connectivity index (χ3v) is 10.7. The van der Waals surface area contributed by atoms with Crippen molar-refractivity contribution in [3.8, 4) is 0 Å². The van der Waals surface area contributed by atoms with E-state index in [9.17, 15) is 19.5 Å². The van der Waals surface area contributed by atoms with Crippen molar-refractivity contribution in [1.29, 1.82) is 0 Å². The third kappa shape index (κ3) is 4.33. The van der Waals surface area contributed by atoms with Gasteiger partial charge in [-0.15, -0.1) is 24.9 Å². The Morgan fingerprint density at radius 1 is 1.33 bits per heavy atom. The van der Waals surface area contributed by atoms with Gasteiger partial charge in [0, 0.05) is 28.9 Å². The number of rotatable bonds is 10. The molecule has 0 aromatic heterocycles. The van der Waals surface area contributed by atoms with Crippen LogP contribution in [0.15, 0.2) is 43.5 Å². The van der Waals surface area contributed by atoms with Crippen molar-refractivity contribution < 1.29 is 24.2 Å². The predicted molar refractivity (Wildman–Crippen MR) is 145 cm³/mol. The molecule has 9 heteroatoms. The van der Waals surface area contributed by atoms with Crippen molar-refractivity contribution in [3.63, 3.8) is 0 Å². The third-order valence-electron chi connectivity index (χ3n) is 7.44. The Kier molecular flexibility index (Phi) is 8.02. The summed E-state index contributed by atoms with van der Waals surface area (Å²) in [5.41, 5.74) is 2.72. The largest absolute Gasteiger partial charge is 0.465 e. The molecule has 2 bridgehead atoms. The van der Waals surface area contributed by atoms with Crippen LogP contribution in [0.2, 0.25) is 0 Å². The number of likely N-dealkylation sites (tertiary alicyclic amines) is 1. The van der Waals surface area contributed by atoms with E-state index in [-0.39, 0.29) is 48.2 Å². The van der Waals surface area contributed by atoms with Crippen LogP contribution in [0.25, 0.3) is 0 Å². The van der Waals surface area contributed by atoms with Gasteiger partial charge in [-0.25, -0.2) is 0 Å². The summed E-state index contributed by atoms with van der Waals surface area (Å²) < 4.78 is 4.73. The number of β-amino-alcohol motifs (C(OH)–C–C–N with tert-alkyl or cyclic N) is 1. The highest BCUT2D eigenvalue weighted by molar-refractivity contribution is 9.09. The second kappa shape index (κ2) is 10.7. The minimum atomic E-state index is -0.817. The first-order valence-corrected chi connectivity index (χ1v) is 14.0. The number of esters is 1. The zero-order chi connectivity index (χ0) is 26.2. The van der Waals surface area contributed by atoms with Crippen LogP contribution in [0, 0.1) is 25.7 Å². The Morgan fingerprint density at radius 2 is 2.08 bits per heavy atom. The highest BCUT2D eigenvalue weighted by Crippen LogP contribution is 2.68. The van der Waals surface area contributed by atoms with Crippen molar-refractivity contribution in [2.75, 3.05) is 31.2 Å². The van der Waals surface area contributed by atoms with E-state index >= 15 is 0 Å². The smallest absolute Gasteiger partial charge is 0.310 e. The van der Waals surface area contributed by atoms with E-state index in [0.717, 1.165) is 16.8 Å². The summed E-state index contributed by atoms with van der Waals surface area (Å²) in [7, 11) is 0. The van der Waals surface area contributed by atoms with Crippen LogP contribution in [-0.4, -0.2) is 75.0 Å². The first kappa shape index (κ1) is 26.9. The molecular formula is C27H33BrN2O5S. The molecule has 3 unspecified atom stereocenters. The Labute approximate surface area is 225 Å². The number of amides is 2. The standard InChI is InChI=1S/C27H33BrN2O5S/c1-5-7-13-35-26(34)20-21-24(32)30(11-12-31)23(27(21)15-18(28)22(20)36-27)25(33)29(10-6-2)19-14-16(3)8-9-17(19)4/h5-6,8-9,14,18,20-23,31H,1-2,7,10-13,15H2,3-4H3/t18?,20-,21-,22-,23?,27?/m0/s1. The molecule has 3 heterocycles. The van der Waals surface area contributed by atoms with Crippen molar-refractivity contribution in [3.05, 3.63) is 54.6 Å². The first-order chi connectivity index (χ1) is 17.2. The Hall–Kier alpha value is -2.10. The van der Waals surface area contributed by atoms with E-state index in [2.05, 4.69) is 29.1 Å². The molecule has 3 saturated heterocycles. The predicted octanol–water partition coefficient (Wildman–Crippen LogP) is 3.40. The Morgan fingerprint density at radius 3 is 2.75 bits per heavy atom. The summed E-state index contributed by atoms with van der Waals surface area (Å²) in [5, 5.41) is 9.66. The lowest BCUT2D eigenvalue weighted by Gasteiger charge is -2.38. The van der Waals surface area contributed by atoms with Gasteiger partial charge in [-0.3, -0.25) is 14.4 Å². The molecule has 1 aromatic rings. The van der Waals surface area contributed by atoms with Gasteiger partial charge in [0.25, 0.3) is 5.91 Å². The zero-order valence-electron chi connectivity index (χ0n) is 20.7. The van der Waals surface area contributed by atoms with Crippen LogP contribution in [0.1, 0.15) is 24.0 Å². The average molecular weight is 578 g/mol. The molecule has 3 fully saturated rings. The molecule has 2 amide bonds. The van der Waals surface area contributed by atoms with Crippen LogP contribution >= 0.6 is 27.7 Å². The number of carbonyl (C=O) groups excluding carboxylic acids is 3. The SMILES string of the molecule is C=CCCOC(=O)[C@H]1[C@H]2C(=O)N(CCO)C(C(=O)N(CC=C)c3cc(C)ccc3C)C23CC(Br)[C@@H]1S3. The molecule has 1 spiro atoms. The molecule has 194 valence electrons. The molecule has 3 aliphatic rings. The summed E-state index contributed by atoms with van der Waals surface area (Å²) >= 11 is 5.30. The highest BCUT2D eigenvalue weighted by Gasteiger charge is 2.76. The molecule has 4 rings (SSSR count). The van der Waals surface area contributed by atoms with Crippen molar-refractivity contribution in [2.24, 2.45) is 11.8 Å². The number of aryl methyl sites for hydroxylation is 2. The fraction of sp³-hybridized carbons (Fsp3) is 0.519. The normalized spacial score (nSPS) is 30.3. The minimum absolute atomic E-state index is 0.0264. The Bertz CT molecular complexity index is 1080. The Balaban J connectivity index is 1.76. The summed E-state index contributed by atoms with van der Waals surface area (Å²) in [6, 6.07) is 5.11. The summed E-state index contributed by atoms with van der Waals surface area (Å²) in [4.78, 5) is 44.6. The topological polar surface area (TPSA) is 87.1 Å². The molecule has 7 nitrogen and oxygen atoms in total. The number of nitrogens with zero attached hydrogens (tertiary/aromatic N) is 2. The lowest BCUT2D eigenvalue weighted by molar-refractivity contribution is -0.154. The van der Waals surface area contributed by atoms with Crippen molar-refractivity contribution in [1.82, 2.24) is 4.90 Å². The second-order valence-electron chi connectivity index (χ2n) is 9.69. The average Bonchev–Trinajstić information content (AvgIpc) is 3.43. The quantitative estimate of drug-likeness (QED) is 0.199. The van der Waals surface area contributed by atoms with Gasteiger partial charge in [0.2, 0.25) is 5.91 Å². The summed E-state index contributed by atoms with van der Waals surface area (Å²) in [5.74, 6) is -2.23. The molecule has 36 heavy (non-hydrogen) atoms. The van der Waals surface area contributed by atoms with E-state index in [1.807, 2.05) is 32.0 Å². The summed E-state index contributed by atoms with van der Waals surface area (Å²) in [6.07, 6.45) is 4.45. The van der Waals surface area contributed by atoms with Crippen LogP contribution < -0.4 is 4.90 Å². The second-order valence-corrected chi connectivity index (χ2v) is 12.4. The van der Waals surface area contributed by atoms with Crippen molar-refractivity contribution >= 4 is 51.2 Å². The zero-order valence-corrected chi connectivity index (χ0v) is 23.1. The van der Waals surface area contributed by atoms with E-state index in [4.69, 9.17) is 4.74 Å². The number of ether oxygens (including phenoxy) is 1. The fourth-order valence-corrected chi connectivity index (χ4v) is 9.55. The maximum absolute atomic E-state index is 14.4. The number of hydrogen-bond donors (Lipinski definition) is 1. The van der Waals surface area contributed by atoms with Crippen LogP contribution in [0.4, 0.5) is 5.69 Å². The number of aliphatic hydroxyl groups is 1. The van der Waals surface area contributed by atoms with Gasteiger partial charge in [-0.1, -0.05) is 40.2 Å². The molecule has 0 aliphatic carbocycles. The van der Waals surface area contributed by atoms with E-state index in [0.29, 0.717) is 12.8 Å². The minimum Gasteiger partial charge on any atom is -0.465 e. The molecule has 3 aliphatic heterocycles. The molecule has 0 saturated carbocycles. The number of fused-ring (bicyclic) bond motifs is 1. The number of aliphatic hydroxyl groups excluding tert-OH is 1. The maximum Gasteiger partial charge on any atom is 0.310 e. The summed E-state index contributed by atoms with van der Waals surface area (Å²) in [6.45, 7) is 11.7. The number of hydrogen-bond acceptors (Lipinski definition) is 6. The number of anilines is 1.